The standard InChI is InChI=1S/C13H28O2/c1-7-15-12(5)9-13(6,14)11(4)8-10(2)3/h10-12,14H,7-9H2,1-6H3. The van der Waals surface area contributed by atoms with Gasteiger partial charge in [0.15, 0.2) is 0 Å². The second kappa shape index (κ2) is 6.49. The number of aliphatic hydroxyl groups is 1. The van der Waals surface area contributed by atoms with Crippen molar-refractivity contribution in [3.63, 3.8) is 0 Å². The molecule has 0 heterocycles. The van der Waals surface area contributed by atoms with E-state index in [0.29, 0.717) is 18.3 Å². The molecule has 0 saturated heterocycles. The number of ether oxygens (including phenoxy) is 1. The van der Waals surface area contributed by atoms with E-state index in [4.69, 9.17) is 4.74 Å². The fourth-order valence-corrected chi connectivity index (χ4v) is 2.09. The number of hydrogen-bond acceptors (Lipinski definition) is 2. The zero-order valence-electron chi connectivity index (χ0n) is 11.2. The summed E-state index contributed by atoms with van der Waals surface area (Å²) in [6, 6.07) is 0. The molecule has 3 unspecified atom stereocenters. The molecule has 1 N–H and O–H groups in total. The van der Waals surface area contributed by atoms with Gasteiger partial charge in [0.2, 0.25) is 0 Å². The normalized spacial score (nSPS) is 20.0. The first-order chi connectivity index (χ1) is 6.79. The van der Waals surface area contributed by atoms with Crippen LogP contribution in [0.4, 0.5) is 0 Å². The van der Waals surface area contributed by atoms with E-state index < -0.39 is 5.60 Å². The Morgan fingerprint density at radius 2 is 1.73 bits per heavy atom. The van der Waals surface area contributed by atoms with Crippen molar-refractivity contribution < 1.29 is 9.84 Å². The van der Waals surface area contributed by atoms with Crippen LogP contribution in [0.3, 0.4) is 0 Å². The number of hydrogen-bond donors (Lipinski definition) is 1. The Bertz CT molecular complexity index is 164. The Morgan fingerprint density at radius 3 is 2.13 bits per heavy atom. The zero-order valence-corrected chi connectivity index (χ0v) is 11.2. The average Bonchev–Trinajstić information content (AvgIpc) is 2.01. The van der Waals surface area contributed by atoms with Gasteiger partial charge < -0.3 is 9.84 Å². The quantitative estimate of drug-likeness (QED) is 0.708. The molecule has 0 spiro atoms. The molecular weight excluding hydrogens is 188 g/mol. The molecule has 92 valence electrons. The first-order valence-corrected chi connectivity index (χ1v) is 6.13. The molecule has 0 radical (unpaired) electrons. The number of rotatable bonds is 7. The summed E-state index contributed by atoms with van der Waals surface area (Å²) in [6.07, 6.45) is 1.92. The maximum atomic E-state index is 10.3. The molecule has 3 atom stereocenters. The summed E-state index contributed by atoms with van der Waals surface area (Å²) >= 11 is 0. The van der Waals surface area contributed by atoms with Gasteiger partial charge in [0.1, 0.15) is 0 Å². The molecule has 0 bridgehead atoms. The van der Waals surface area contributed by atoms with Crippen molar-refractivity contribution >= 4 is 0 Å². The van der Waals surface area contributed by atoms with E-state index in [1.165, 1.54) is 0 Å². The SMILES string of the molecule is CCOC(C)CC(C)(O)C(C)CC(C)C. The van der Waals surface area contributed by atoms with E-state index in [-0.39, 0.29) is 6.10 Å². The van der Waals surface area contributed by atoms with E-state index in [2.05, 4.69) is 20.8 Å². The molecule has 2 nitrogen and oxygen atoms in total. The molecular formula is C13H28O2. The van der Waals surface area contributed by atoms with E-state index in [1.807, 2.05) is 20.8 Å². The highest BCUT2D eigenvalue weighted by atomic mass is 16.5. The molecule has 0 aromatic carbocycles. The van der Waals surface area contributed by atoms with Gasteiger partial charge in [-0.2, -0.15) is 0 Å². The molecule has 0 amide bonds. The summed E-state index contributed by atoms with van der Waals surface area (Å²) < 4.78 is 5.47. The Labute approximate surface area is 95.0 Å². The van der Waals surface area contributed by atoms with Crippen LogP contribution in [0.25, 0.3) is 0 Å². The van der Waals surface area contributed by atoms with E-state index in [0.717, 1.165) is 13.0 Å². The first kappa shape index (κ1) is 14.9. The van der Waals surface area contributed by atoms with Crippen molar-refractivity contribution in [1.29, 1.82) is 0 Å². The summed E-state index contributed by atoms with van der Waals surface area (Å²) in [5, 5.41) is 10.3. The van der Waals surface area contributed by atoms with Gasteiger partial charge in [-0.3, -0.25) is 0 Å². The van der Waals surface area contributed by atoms with Crippen LogP contribution in [0.1, 0.15) is 54.4 Å². The van der Waals surface area contributed by atoms with Gasteiger partial charge in [0.25, 0.3) is 0 Å². The highest BCUT2D eigenvalue weighted by molar-refractivity contribution is 4.82. The molecule has 0 aliphatic heterocycles. The van der Waals surface area contributed by atoms with E-state index in [9.17, 15) is 5.11 Å². The minimum Gasteiger partial charge on any atom is -0.390 e. The molecule has 0 aromatic heterocycles. The third-order valence-electron chi connectivity index (χ3n) is 3.04. The second-order valence-corrected chi connectivity index (χ2v) is 5.36. The summed E-state index contributed by atoms with van der Waals surface area (Å²) in [5.74, 6) is 0.953. The lowest BCUT2D eigenvalue weighted by Crippen LogP contribution is -2.37. The van der Waals surface area contributed by atoms with Gasteiger partial charge in [-0.1, -0.05) is 20.8 Å². The maximum Gasteiger partial charge on any atom is 0.0669 e. The lowest BCUT2D eigenvalue weighted by atomic mass is 9.81. The van der Waals surface area contributed by atoms with Crippen molar-refractivity contribution in [2.75, 3.05) is 6.61 Å². The van der Waals surface area contributed by atoms with Crippen LogP contribution in [0.2, 0.25) is 0 Å². The minimum absolute atomic E-state index is 0.139. The fraction of sp³-hybridized carbons (Fsp3) is 1.00. The van der Waals surface area contributed by atoms with Crippen LogP contribution in [-0.4, -0.2) is 23.4 Å². The lowest BCUT2D eigenvalue weighted by Gasteiger charge is -2.33. The van der Waals surface area contributed by atoms with Gasteiger partial charge in [-0.05, 0) is 39.0 Å². The minimum atomic E-state index is -0.612. The molecule has 0 aliphatic carbocycles. The monoisotopic (exact) mass is 216 g/mol. The molecule has 0 saturated carbocycles. The largest absolute Gasteiger partial charge is 0.390 e. The smallest absolute Gasteiger partial charge is 0.0669 e. The van der Waals surface area contributed by atoms with Gasteiger partial charge in [-0.15, -0.1) is 0 Å². The van der Waals surface area contributed by atoms with Crippen molar-refractivity contribution in [2.45, 2.75) is 66.1 Å². The van der Waals surface area contributed by atoms with Gasteiger partial charge in [0.05, 0.1) is 11.7 Å². The molecule has 2 heteroatoms. The average molecular weight is 216 g/mol. The Kier molecular flexibility index (Phi) is 6.46. The van der Waals surface area contributed by atoms with Crippen molar-refractivity contribution in [3.05, 3.63) is 0 Å². The van der Waals surface area contributed by atoms with Gasteiger partial charge >= 0.3 is 0 Å². The molecule has 0 fully saturated rings. The van der Waals surface area contributed by atoms with Crippen LogP contribution in [0, 0.1) is 11.8 Å². The summed E-state index contributed by atoms with van der Waals surface area (Å²) in [5.41, 5.74) is -0.612. The first-order valence-electron chi connectivity index (χ1n) is 6.13. The molecule has 0 rings (SSSR count). The van der Waals surface area contributed by atoms with E-state index in [1.54, 1.807) is 0 Å². The highest BCUT2D eigenvalue weighted by Gasteiger charge is 2.30. The summed E-state index contributed by atoms with van der Waals surface area (Å²) in [7, 11) is 0. The summed E-state index contributed by atoms with van der Waals surface area (Å²) in [4.78, 5) is 0. The van der Waals surface area contributed by atoms with Crippen LogP contribution >= 0.6 is 0 Å². The lowest BCUT2D eigenvalue weighted by molar-refractivity contribution is -0.0549. The third kappa shape index (κ3) is 6.16. The Balaban J connectivity index is 4.14. The van der Waals surface area contributed by atoms with Crippen molar-refractivity contribution in [2.24, 2.45) is 11.8 Å². The van der Waals surface area contributed by atoms with Crippen LogP contribution in [0.15, 0.2) is 0 Å². The van der Waals surface area contributed by atoms with Crippen molar-refractivity contribution in [1.82, 2.24) is 0 Å². The third-order valence-corrected chi connectivity index (χ3v) is 3.04. The highest BCUT2D eigenvalue weighted by Crippen LogP contribution is 2.28. The maximum absolute atomic E-state index is 10.3. The fourth-order valence-electron chi connectivity index (χ4n) is 2.09. The van der Waals surface area contributed by atoms with Crippen molar-refractivity contribution in [3.8, 4) is 0 Å². The van der Waals surface area contributed by atoms with Crippen LogP contribution < -0.4 is 0 Å². The van der Waals surface area contributed by atoms with Gasteiger partial charge in [0, 0.05) is 13.0 Å². The summed E-state index contributed by atoms with van der Waals surface area (Å²) in [6.45, 7) is 13.2. The molecule has 0 aliphatic rings. The van der Waals surface area contributed by atoms with E-state index >= 15 is 0 Å². The molecule has 0 aromatic rings. The predicted molar refractivity (Wildman–Crippen MR) is 64.9 cm³/mol. The zero-order chi connectivity index (χ0) is 12.1. The van der Waals surface area contributed by atoms with Gasteiger partial charge in [-0.25, -0.2) is 0 Å². The second-order valence-electron chi connectivity index (χ2n) is 5.36. The molecule has 15 heavy (non-hydrogen) atoms. The van der Waals surface area contributed by atoms with Crippen LogP contribution in [0.5, 0.6) is 0 Å². The van der Waals surface area contributed by atoms with Crippen LogP contribution in [-0.2, 0) is 4.74 Å². The Hall–Kier alpha value is -0.0800. The Morgan fingerprint density at radius 1 is 1.20 bits per heavy atom. The predicted octanol–water partition coefficient (Wildman–Crippen LogP) is 3.23. The topological polar surface area (TPSA) is 29.5 Å².